The fraction of sp³-hybridized carbons (Fsp3) is 0.552. The van der Waals surface area contributed by atoms with Crippen LogP contribution in [0.1, 0.15) is 62.0 Å². The molecule has 6 nitrogen and oxygen atoms in total. The van der Waals surface area contributed by atoms with E-state index >= 15 is 0 Å². The maximum Gasteiger partial charge on any atom is 0.230 e. The summed E-state index contributed by atoms with van der Waals surface area (Å²) in [5, 5.41) is 6.26. The third-order valence-electron chi connectivity index (χ3n) is 9.61. The Morgan fingerprint density at radius 1 is 1.14 bits per heavy atom. The summed E-state index contributed by atoms with van der Waals surface area (Å²) in [6.07, 6.45) is 10.9. The highest BCUT2D eigenvalue weighted by Gasteiger charge is 2.66. The van der Waals surface area contributed by atoms with Crippen LogP contribution in [-0.2, 0) is 16.0 Å². The fourth-order valence-electron chi connectivity index (χ4n) is 8.26. The Morgan fingerprint density at radius 2 is 1.97 bits per heavy atom. The zero-order valence-electron chi connectivity index (χ0n) is 20.6. The van der Waals surface area contributed by atoms with Gasteiger partial charge in [-0.15, -0.1) is 0 Å². The fourth-order valence-corrected chi connectivity index (χ4v) is 8.26. The van der Waals surface area contributed by atoms with Crippen molar-refractivity contribution in [1.82, 2.24) is 10.3 Å². The van der Waals surface area contributed by atoms with Gasteiger partial charge in [-0.1, -0.05) is 12.5 Å². The molecule has 5 aliphatic carbocycles. The molecule has 0 saturated heterocycles. The van der Waals surface area contributed by atoms with Gasteiger partial charge in [0.15, 0.2) is 0 Å². The molecule has 4 N–H and O–H groups in total. The summed E-state index contributed by atoms with van der Waals surface area (Å²) in [6, 6.07) is 8.29. The van der Waals surface area contributed by atoms with Crippen LogP contribution in [0.25, 0.3) is 0 Å². The molecule has 1 heterocycles. The van der Waals surface area contributed by atoms with Crippen molar-refractivity contribution in [1.29, 1.82) is 0 Å². The van der Waals surface area contributed by atoms with Crippen molar-refractivity contribution >= 4 is 17.5 Å². The largest absolute Gasteiger partial charge is 0.354 e. The van der Waals surface area contributed by atoms with E-state index in [2.05, 4.69) is 15.6 Å². The van der Waals surface area contributed by atoms with E-state index in [1.165, 1.54) is 12.1 Å². The molecule has 1 aromatic heterocycles. The van der Waals surface area contributed by atoms with Crippen molar-refractivity contribution in [3.63, 3.8) is 0 Å². The van der Waals surface area contributed by atoms with E-state index in [9.17, 15) is 14.0 Å². The number of aromatic nitrogens is 1. The zero-order chi connectivity index (χ0) is 24.9. The van der Waals surface area contributed by atoms with E-state index in [1.807, 2.05) is 18.2 Å². The lowest BCUT2D eigenvalue weighted by Crippen LogP contribution is -2.48. The van der Waals surface area contributed by atoms with E-state index in [0.29, 0.717) is 18.4 Å². The van der Waals surface area contributed by atoms with Crippen molar-refractivity contribution in [2.45, 2.75) is 63.3 Å². The van der Waals surface area contributed by atoms with Gasteiger partial charge >= 0.3 is 0 Å². The Labute approximate surface area is 211 Å². The number of hydrogen-bond acceptors (Lipinski definition) is 4. The van der Waals surface area contributed by atoms with Crippen LogP contribution in [0.5, 0.6) is 0 Å². The van der Waals surface area contributed by atoms with Crippen LogP contribution >= 0.6 is 0 Å². The second kappa shape index (κ2) is 9.25. The quantitative estimate of drug-likeness (QED) is 0.530. The van der Waals surface area contributed by atoms with Gasteiger partial charge in [0.05, 0.1) is 11.3 Å². The second-order valence-electron chi connectivity index (χ2n) is 11.6. The SMILES string of the molecule is NC(CNC(=O)C1CCCCc2ccc(F)cc21)C1C2CC3CC1C(C(=O)Nc1ccncc1)(C3)C2. The third kappa shape index (κ3) is 4.01. The number of carbonyl (C=O) groups excluding carboxylic acids is 2. The molecule has 7 heteroatoms. The number of aryl methyl sites for hydroxylation is 1. The van der Waals surface area contributed by atoms with E-state index in [0.717, 1.165) is 68.2 Å². The topological polar surface area (TPSA) is 97.1 Å². The normalized spacial score (nSPS) is 33.0. The van der Waals surface area contributed by atoms with E-state index in [-0.39, 0.29) is 46.8 Å². The summed E-state index contributed by atoms with van der Waals surface area (Å²) in [5.41, 5.74) is 9.09. The summed E-state index contributed by atoms with van der Waals surface area (Å²) in [7, 11) is 0. The van der Waals surface area contributed by atoms with Gasteiger partial charge in [0.25, 0.3) is 0 Å². The van der Waals surface area contributed by atoms with Crippen molar-refractivity contribution < 1.29 is 14.0 Å². The van der Waals surface area contributed by atoms with Crippen molar-refractivity contribution in [2.24, 2.45) is 34.8 Å². The van der Waals surface area contributed by atoms with Crippen molar-refractivity contribution in [2.75, 3.05) is 11.9 Å². The lowest BCUT2D eigenvalue weighted by atomic mass is 9.72. The third-order valence-corrected chi connectivity index (χ3v) is 9.61. The van der Waals surface area contributed by atoms with Crippen LogP contribution in [0.15, 0.2) is 42.7 Å². The summed E-state index contributed by atoms with van der Waals surface area (Å²) < 4.78 is 14.0. The summed E-state index contributed by atoms with van der Waals surface area (Å²) in [4.78, 5) is 30.8. The lowest BCUT2D eigenvalue weighted by molar-refractivity contribution is -0.127. The molecule has 5 aliphatic rings. The maximum atomic E-state index is 14.0. The van der Waals surface area contributed by atoms with Crippen LogP contribution in [0.2, 0.25) is 0 Å². The number of benzene rings is 1. The zero-order valence-corrected chi connectivity index (χ0v) is 20.6. The predicted molar refractivity (Wildman–Crippen MR) is 135 cm³/mol. The van der Waals surface area contributed by atoms with Gasteiger partial charge in [-0.3, -0.25) is 14.6 Å². The standard InChI is InChI=1S/C29H35FN4O2/c30-20-6-5-18-3-1-2-4-22(23(18)13-20)27(35)33-16-25(31)26-19-11-17-12-24(26)29(14-17,15-19)28(36)34-21-7-9-32-10-8-21/h5-10,13,17,19,22,24-26H,1-4,11-12,14-16,31H2,(H,33,35)(H,32,34,36). The van der Waals surface area contributed by atoms with Crippen molar-refractivity contribution in [3.8, 4) is 0 Å². The molecule has 0 aliphatic heterocycles. The van der Waals surface area contributed by atoms with Crippen LogP contribution < -0.4 is 16.4 Å². The Bertz CT molecular complexity index is 1160. The number of hydrogen-bond donors (Lipinski definition) is 3. The number of carbonyl (C=O) groups is 2. The van der Waals surface area contributed by atoms with Gasteiger partial charge in [0.1, 0.15) is 5.82 Å². The van der Waals surface area contributed by atoms with E-state index in [1.54, 1.807) is 12.4 Å². The first kappa shape index (κ1) is 23.6. The molecular formula is C29H35FN4O2. The molecular weight excluding hydrogens is 455 g/mol. The van der Waals surface area contributed by atoms with Crippen LogP contribution in [0, 0.1) is 34.9 Å². The molecule has 4 fully saturated rings. The minimum absolute atomic E-state index is 0.0585. The molecule has 190 valence electrons. The summed E-state index contributed by atoms with van der Waals surface area (Å²) in [6.45, 7) is 0.393. The van der Waals surface area contributed by atoms with Gasteiger partial charge < -0.3 is 16.4 Å². The summed E-state index contributed by atoms with van der Waals surface area (Å²) >= 11 is 0. The molecule has 1 aromatic carbocycles. The number of rotatable bonds is 6. The first-order valence-electron chi connectivity index (χ1n) is 13.5. The number of nitrogens with one attached hydrogen (secondary N) is 2. The van der Waals surface area contributed by atoms with Gasteiger partial charge in [-0.05, 0) is 104 Å². The summed E-state index contributed by atoms with van der Waals surface area (Å²) in [5.74, 6) is 0.919. The number of nitrogens with zero attached hydrogens (tertiary/aromatic N) is 1. The number of anilines is 1. The Kier molecular flexibility index (Phi) is 6.06. The second-order valence-corrected chi connectivity index (χ2v) is 11.6. The first-order valence-corrected chi connectivity index (χ1v) is 13.5. The van der Waals surface area contributed by atoms with Gasteiger partial charge in [0, 0.05) is 30.7 Å². The molecule has 36 heavy (non-hydrogen) atoms. The highest BCUT2D eigenvalue weighted by atomic mass is 19.1. The monoisotopic (exact) mass is 490 g/mol. The molecule has 2 amide bonds. The molecule has 0 spiro atoms. The molecule has 7 unspecified atom stereocenters. The number of nitrogens with two attached hydrogens (primary N) is 1. The van der Waals surface area contributed by atoms with E-state index in [4.69, 9.17) is 5.73 Å². The minimum Gasteiger partial charge on any atom is -0.354 e. The lowest BCUT2D eigenvalue weighted by Gasteiger charge is -2.36. The average molecular weight is 491 g/mol. The van der Waals surface area contributed by atoms with Gasteiger partial charge in [0.2, 0.25) is 11.8 Å². The molecule has 7 rings (SSSR count). The van der Waals surface area contributed by atoms with Gasteiger partial charge in [-0.2, -0.15) is 0 Å². The number of pyridine rings is 1. The van der Waals surface area contributed by atoms with Crippen LogP contribution in [0.4, 0.5) is 10.1 Å². The minimum atomic E-state index is -0.360. The average Bonchev–Trinajstić information content (AvgIpc) is 3.14. The number of halogens is 1. The predicted octanol–water partition coefficient (Wildman–Crippen LogP) is 4.17. The van der Waals surface area contributed by atoms with Crippen molar-refractivity contribution in [3.05, 3.63) is 59.7 Å². The molecule has 2 aromatic rings. The molecule has 0 radical (unpaired) electrons. The first-order chi connectivity index (χ1) is 17.4. The number of amides is 2. The van der Waals surface area contributed by atoms with E-state index < -0.39 is 0 Å². The maximum absolute atomic E-state index is 14.0. The number of fused-ring (bicyclic) bond motifs is 1. The smallest absolute Gasteiger partial charge is 0.230 e. The highest BCUT2D eigenvalue weighted by molar-refractivity contribution is 5.96. The highest BCUT2D eigenvalue weighted by Crippen LogP contribution is 2.68. The molecule has 4 bridgehead atoms. The Hall–Kier alpha value is -2.80. The Morgan fingerprint density at radius 3 is 2.81 bits per heavy atom. The van der Waals surface area contributed by atoms with Crippen LogP contribution in [0.3, 0.4) is 0 Å². The van der Waals surface area contributed by atoms with Gasteiger partial charge in [-0.25, -0.2) is 4.39 Å². The van der Waals surface area contributed by atoms with Crippen LogP contribution in [-0.4, -0.2) is 29.4 Å². The Balaban J connectivity index is 1.14. The molecule has 7 atom stereocenters. The molecule has 4 saturated carbocycles.